The van der Waals surface area contributed by atoms with E-state index in [2.05, 4.69) is 28.2 Å². The van der Waals surface area contributed by atoms with E-state index in [-0.39, 0.29) is 37.7 Å². The molecule has 0 radical (unpaired) electrons. The van der Waals surface area contributed by atoms with Crippen LogP contribution in [-0.4, -0.2) is 57.6 Å². The van der Waals surface area contributed by atoms with Crippen molar-refractivity contribution in [1.82, 2.24) is 10.2 Å². The zero-order valence-electron chi connectivity index (χ0n) is 24.5. The van der Waals surface area contributed by atoms with Crippen LogP contribution in [0, 0.1) is 0 Å². The van der Waals surface area contributed by atoms with Crippen molar-refractivity contribution in [1.29, 1.82) is 0 Å². The molecule has 0 spiro atoms. The summed E-state index contributed by atoms with van der Waals surface area (Å²) in [6.07, 6.45) is 3.65. The van der Waals surface area contributed by atoms with Gasteiger partial charge in [-0.1, -0.05) is 71.7 Å². The molecule has 1 atom stereocenters. The van der Waals surface area contributed by atoms with Gasteiger partial charge in [0.15, 0.2) is 0 Å². The van der Waals surface area contributed by atoms with Crippen molar-refractivity contribution in [3.63, 3.8) is 0 Å². The van der Waals surface area contributed by atoms with Crippen molar-refractivity contribution in [2.75, 3.05) is 30.8 Å². The van der Waals surface area contributed by atoms with Gasteiger partial charge in [0.2, 0.25) is 21.8 Å². The first-order valence-electron chi connectivity index (χ1n) is 14.1. The molecule has 3 aromatic rings. The van der Waals surface area contributed by atoms with Gasteiger partial charge in [-0.25, -0.2) is 8.42 Å². The lowest BCUT2D eigenvalue weighted by molar-refractivity contribution is -0.141. The molecule has 2 amide bonds. The molecule has 0 aliphatic rings. The molecule has 1 N–H and O–H groups in total. The third-order valence-electron chi connectivity index (χ3n) is 6.86. The number of carbonyl (C=O) groups is 2. The second-order valence-corrected chi connectivity index (χ2v) is 13.0. The predicted octanol–water partition coefficient (Wildman–Crippen LogP) is 5.56. The summed E-state index contributed by atoms with van der Waals surface area (Å²) in [6.45, 7) is 2.95. The Bertz CT molecular complexity index is 1400. The number of carbonyl (C=O) groups excluding carboxylic acids is 2. The lowest BCUT2D eigenvalue weighted by atomic mass is 10.0. The Morgan fingerprint density at radius 2 is 1.64 bits per heavy atom. The summed E-state index contributed by atoms with van der Waals surface area (Å²) in [4.78, 5) is 29.1. The van der Waals surface area contributed by atoms with E-state index in [4.69, 9.17) is 4.74 Å². The van der Waals surface area contributed by atoms with Crippen molar-refractivity contribution in [3.8, 4) is 5.75 Å². The van der Waals surface area contributed by atoms with Gasteiger partial charge in [-0.2, -0.15) is 0 Å². The summed E-state index contributed by atoms with van der Waals surface area (Å²) >= 11 is 3.51. The number of anilines is 1. The van der Waals surface area contributed by atoms with Crippen LogP contribution in [0.4, 0.5) is 5.69 Å². The second-order valence-electron chi connectivity index (χ2n) is 10.1. The summed E-state index contributed by atoms with van der Waals surface area (Å²) < 4.78 is 32.6. The smallest absolute Gasteiger partial charge is 0.243 e. The number of benzene rings is 3. The largest absolute Gasteiger partial charge is 0.497 e. The number of hydrogen-bond acceptors (Lipinski definition) is 5. The molecule has 42 heavy (non-hydrogen) atoms. The molecule has 0 unspecified atom stereocenters. The maximum atomic E-state index is 13.9. The van der Waals surface area contributed by atoms with Crippen LogP contribution in [0.5, 0.6) is 5.75 Å². The average Bonchev–Trinajstić information content (AvgIpc) is 2.97. The lowest BCUT2D eigenvalue weighted by Crippen LogP contribution is -2.50. The Balaban J connectivity index is 1.86. The first-order valence-corrected chi connectivity index (χ1v) is 16.7. The van der Waals surface area contributed by atoms with E-state index >= 15 is 0 Å². The fraction of sp³-hybridized carbons (Fsp3) is 0.375. The molecule has 10 heteroatoms. The molecule has 3 aromatic carbocycles. The van der Waals surface area contributed by atoms with Crippen LogP contribution in [0.2, 0.25) is 0 Å². The summed E-state index contributed by atoms with van der Waals surface area (Å²) in [5.41, 5.74) is 2.32. The van der Waals surface area contributed by atoms with Gasteiger partial charge >= 0.3 is 0 Å². The number of amides is 2. The zero-order valence-corrected chi connectivity index (χ0v) is 26.9. The normalized spacial score (nSPS) is 11.9. The molecule has 0 aromatic heterocycles. The van der Waals surface area contributed by atoms with Crippen LogP contribution in [0.1, 0.15) is 43.7 Å². The number of unbranched alkanes of at least 4 members (excludes halogenated alkanes) is 1. The summed E-state index contributed by atoms with van der Waals surface area (Å²) in [5.74, 6) is 0.198. The first kappa shape index (κ1) is 33.1. The van der Waals surface area contributed by atoms with Crippen molar-refractivity contribution in [2.45, 2.75) is 51.6 Å². The molecule has 3 rings (SSSR count). The number of sulfonamides is 1. The van der Waals surface area contributed by atoms with Crippen molar-refractivity contribution in [2.24, 2.45) is 0 Å². The van der Waals surface area contributed by atoms with Gasteiger partial charge in [0.1, 0.15) is 11.8 Å². The Hall–Kier alpha value is -3.37. The standard InChI is InChI=1S/C32H40BrN3O5S/c1-4-5-20-34-32(38)30(23-25-11-7-6-8-12-25)35(24-26-13-9-14-27(33)22-26)31(37)15-10-21-36(42(3,39)40)28-16-18-29(41-2)19-17-28/h6-9,11-14,16-19,22,30H,4-5,10,15,20-21,23-24H2,1-3H3,(H,34,38)/t30-/m1/s1. The van der Waals surface area contributed by atoms with Crippen LogP contribution < -0.4 is 14.4 Å². The van der Waals surface area contributed by atoms with Gasteiger partial charge in [0.05, 0.1) is 19.1 Å². The van der Waals surface area contributed by atoms with E-state index in [1.807, 2.05) is 54.6 Å². The monoisotopic (exact) mass is 657 g/mol. The number of methoxy groups -OCH3 is 1. The fourth-order valence-electron chi connectivity index (χ4n) is 4.64. The minimum Gasteiger partial charge on any atom is -0.497 e. The third kappa shape index (κ3) is 10.2. The highest BCUT2D eigenvalue weighted by Gasteiger charge is 2.30. The SMILES string of the molecule is CCCCNC(=O)[C@@H](Cc1ccccc1)N(Cc1cccc(Br)c1)C(=O)CCCN(c1ccc(OC)cc1)S(C)(=O)=O. The molecule has 0 saturated heterocycles. The van der Waals surface area contributed by atoms with E-state index in [1.54, 1.807) is 36.3 Å². The summed E-state index contributed by atoms with van der Waals surface area (Å²) in [6, 6.07) is 23.3. The van der Waals surface area contributed by atoms with Crippen molar-refractivity contribution < 1.29 is 22.7 Å². The van der Waals surface area contributed by atoms with E-state index in [0.717, 1.165) is 34.7 Å². The number of nitrogens with zero attached hydrogens (tertiary/aromatic N) is 2. The van der Waals surface area contributed by atoms with E-state index in [9.17, 15) is 18.0 Å². The minimum absolute atomic E-state index is 0.0731. The number of hydrogen-bond donors (Lipinski definition) is 1. The molecular formula is C32H40BrN3O5S. The van der Waals surface area contributed by atoms with E-state index in [0.29, 0.717) is 24.4 Å². The second kappa shape index (κ2) is 16.3. The number of ether oxygens (including phenoxy) is 1. The predicted molar refractivity (Wildman–Crippen MR) is 171 cm³/mol. The molecular weight excluding hydrogens is 618 g/mol. The Kier molecular flexibility index (Phi) is 12.9. The Morgan fingerprint density at radius 1 is 0.952 bits per heavy atom. The Morgan fingerprint density at radius 3 is 2.26 bits per heavy atom. The lowest BCUT2D eigenvalue weighted by Gasteiger charge is -2.32. The van der Waals surface area contributed by atoms with Crippen LogP contribution in [0.3, 0.4) is 0 Å². The third-order valence-corrected chi connectivity index (χ3v) is 8.54. The molecule has 0 saturated carbocycles. The fourth-order valence-corrected chi connectivity index (χ4v) is 6.06. The Labute approximate surface area is 258 Å². The topological polar surface area (TPSA) is 96.0 Å². The maximum Gasteiger partial charge on any atom is 0.243 e. The van der Waals surface area contributed by atoms with Gasteiger partial charge < -0.3 is 15.0 Å². The summed E-state index contributed by atoms with van der Waals surface area (Å²) in [7, 11) is -2.05. The summed E-state index contributed by atoms with van der Waals surface area (Å²) in [5, 5.41) is 3.02. The number of halogens is 1. The molecule has 0 fully saturated rings. The highest BCUT2D eigenvalue weighted by atomic mass is 79.9. The van der Waals surface area contributed by atoms with Gasteiger partial charge in [0.25, 0.3) is 0 Å². The number of rotatable bonds is 16. The van der Waals surface area contributed by atoms with Crippen LogP contribution >= 0.6 is 15.9 Å². The average molecular weight is 659 g/mol. The van der Waals surface area contributed by atoms with Crippen LogP contribution in [0.15, 0.2) is 83.3 Å². The first-order chi connectivity index (χ1) is 20.1. The molecule has 0 heterocycles. The molecule has 226 valence electrons. The molecule has 0 aliphatic heterocycles. The highest BCUT2D eigenvalue weighted by molar-refractivity contribution is 9.10. The maximum absolute atomic E-state index is 13.9. The minimum atomic E-state index is -3.59. The van der Waals surface area contributed by atoms with Gasteiger partial charge in [-0.15, -0.1) is 0 Å². The molecule has 0 aliphatic carbocycles. The molecule has 8 nitrogen and oxygen atoms in total. The van der Waals surface area contributed by atoms with Gasteiger partial charge in [-0.05, 0) is 60.4 Å². The van der Waals surface area contributed by atoms with E-state index in [1.165, 1.54) is 4.31 Å². The number of nitrogens with one attached hydrogen (secondary N) is 1. The van der Waals surface area contributed by atoms with Crippen molar-refractivity contribution >= 4 is 43.5 Å². The van der Waals surface area contributed by atoms with Gasteiger partial charge in [0, 0.05) is 36.9 Å². The van der Waals surface area contributed by atoms with Crippen LogP contribution in [-0.2, 0) is 32.6 Å². The molecule has 0 bridgehead atoms. The van der Waals surface area contributed by atoms with Crippen LogP contribution in [0.25, 0.3) is 0 Å². The van der Waals surface area contributed by atoms with E-state index < -0.39 is 16.1 Å². The highest BCUT2D eigenvalue weighted by Crippen LogP contribution is 2.23. The van der Waals surface area contributed by atoms with Crippen molar-refractivity contribution in [3.05, 3.63) is 94.5 Å². The quantitative estimate of drug-likeness (QED) is 0.204. The zero-order chi connectivity index (χ0) is 30.5. The van der Waals surface area contributed by atoms with Gasteiger partial charge in [-0.3, -0.25) is 13.9 Å².